The van der Waals surface area contributed by atoms with Gasteiger partial charge in [0, 0.05) is 28.5 Å². The Morgan fingerprint density at radius 2 is 2.04 bits per heavy atom. The topological polar surface area (TPSA) is 114 Å². The van der Waals surface area contributed by atoms with Gasteiger partial charge in [0.05, 0.1) is 16.5 Å². The second-order valence-corrected chi connectivity index (χ2v) is 6.34. The highest BCUT2D eigenvalue weighted by atomic mass is 16.6. The molecule has 0 aliphatic rings. The van der Waals surface area contributed by atoms with Gasteiger partial charge in [-0.15, -0.1) is 0 Å². The Hall–Kier alpha value is -3.68. The number of aromatic amines is 1. The number of carbonyl (C=O) groups is 1. The lowest BCUT2D eigenvalue weighted by molar-refractivity contribution is -0.384. The van der Waals surface area contributed by atoms with Gasteiger partial charge in [-0.1, -0.05) is 18.2 Å². The fraction of sp³-hybridized carbons (Fsp3) is 0.158. The Morgan fingerprint density at radius 1 is 1.26 bits per heavy atom. The maximum absolute atomic E-state index is 12.7. The number of nitro groups is 1. The van der Waals surface area contributed by atoms with Gasteiger partial charge in [-0.25, -0.2) is 0 Å². The van der Waals surface area contributed by atoms with E-state index in [0.29, 0.717) is 16.7 Å². The zero-order chi connectivity index (χ0) is 19.1. The first-order valence-corrected chi connectivity index (χ1v) is 8.37. The molecule has 27 heavy (non-hydrogen) atoms. The quantitative estimate of drug-likeness (QED) is 0.419. The number of fused-ring (bicyclic) bond motifs is 2. The zero-order valence-electron chi connectivity index (χ0n) is 14.6. The van der Waals surface area contributed by atoms with Crippen molar-refractivity contribution in [2.24, 2.45) is 0 Å². The highest BCUT2D eigenvalue weighted by molar-refractivity contribution is 6.05. The standard InChI is InChI=1S/C19H16N4O4/c1-10-13-5-3-4-6-16(13)27-18(10)11(2)20-19(24)17-14-9-12(23(25)26)7-8-15(14)21-22-17/h3-9,11H,1-2H3,(H,20,24)(H,21,22). The van der Waals surface area contributed by atoms with Crippen LogP contribution in [0.5, 0.6) is 0 Å². The van der Waals surface area contributed by atoms with Crippen molar-refractivity contribution < 1.29 is 14.1 Å². The number of amides is 1. The van der Waals surface area contributed by atoms with Crippen LogP contribution in [0.1, 0.15) is 34.8 Å². The number of para-hydroxylation sites is 1. The molecule has 0 bridgehead atoms. The summed E-state index contributed by atoms with van der Waals surface area (Å²) in [7, 11) is 0. The van der Waals surface area contributed by atoms with E-state index in [9.17, 15) is 14.9 Å². The number of hydrogen-bond donors (Lipinski definition) is 2. The third kappa shape index (κ3) is 2.80. The monoisotopic (exact) mass is 364 g/mol. The van der Waals surface area contributed by atoms with E-state index < -0.39 is 16.9 Å². The number of hydrogen-bond acceptors (Lipinski definition) is 5. The fourth-order valence-corrected chi connectivity index (χ4v) is 3.23. The molecule has 1 atom stereocenters. The van der Waals surface area contributed by atoms with E-state index in [0.717, 1.165) is 16.5 Å². The van der Waals surface area contributed by atoms with Crippen LogP contribution in [-0.2, 0) is 0 Å². The van der Waals surface area contributed by atoms with Crippen LogP contribution >= 0.6 is 0 Å². The number of aryl methyl sites for hydroxylation is 1. The number of H-pyrrole nitrogens is 1. The molecule has 4 aromatic rings. The molecule has 8 nitrogen and oxygen atoms in total. The summed E-state index contributed by atoms with van der Waals surface area (Å²) in [6.07, 6.45) is 0. The highest BCUT2D eigenvalue weighted by Crippen LogP contribution is 2.29. The first-order chi connectivity index (χ1) is 13.0. The molecular weight excluding hydrogens is 348 g/mol. The van der Waals surface area contributed by atoms with Gasteiger partial charge < -0.3 is 9.73 Å². The Bertz CT molecular complexity index is 1190. The molecule has 1 amide bonds. The number of carbonyl (C=O) groups excluding carboxylic acids is 1. The lowest BCUT2D eigenvalue weighted by atomic mass is 10.1. The van der Waals surface area contributed by atoms with Gasteiger partial charge in [0.25, 0.3) is 11.6 Å². The number of non-ortho nitro benzene ring substituents is 1. The number of benzene rings is 2. The molecule has 0 radical (unpaired) electrons. The Labute approximate surface area is 153 Å². The van der Waals surface area contributed by atoms with Gasteiger partial charge in [-0.05, 0) is 26.0 Å². The van der Waals surface area contributed by atoms with Gasteiger partial charge in [-0.3, -0.25) is 20.0 Å². The SMILES string of the molecule is Cc1c(C(C)NC(=O)c2n[nH]c3ccc([N+](=O)[O-])cc23)oc2ccccc12. The van der Waals surface area contributed by atoms with Crippen molar-refractivity contribution in [1.29, 1.82) is 0 Å². The molecule has 136 valence electrons. The van der Waals surface area contributed by atoms with Crippen LogP contribution in [-0.4, -0.2) is 21.0 Å². The van der Waals surface area contributed by atoms with E-state index in [-0.39, 0.29) is 11.4 Å². The van der Waals surface area contributed by atoms with Crippen LogP contribution < -0.4 is 5.32 Å². The zero-order valence-corrected chi connectivity index (χ0v) is 14.6. The Kier molecular flexibility index (Phi) is 3.88. The minimum Gasteiger partial charge on any atom is -0.459 e. The van der Waals surface area contributed by atoms with Crippen molar-refractivity contribution in [1.82, 2.24) is 15.5 Å². The van der Waals surface area contributed by atoms with E-state index in [1.165, 1.54) is 18.2 Å². The average molecular weight is 364 g/mol. The lowest BCUT2D eigenvalue weighted by Gasteiger charge is -2.11. The first-order valence-electron chi connectivity index (χ1n) is 8.37. The number of nitro benzene ring substituents is 1. The van der Waals surface area contributed by atoms with Crippen molar-refractivity contribution in [3.8, 4) is 0 Å². The molecule has 0 spiro atoms. The van der Waals surface area contributed by atoms with Crippen molar-refractivity contribution in [3.05, 3.63) is 69.6 Å². The lowest BCUT2D eigenvalue weighted by Crippen LogP contribution is -2.27. The number of furan rings is 1. The summed E-state index contributed by atoms with van der Waals surface area (Å²) in [5.74, 6) is 0.226. The second kappa shape index (κ2) is 6.24. The largest absolute Gasteiger partial charge is 0.459 e. The summed E-state index contributed by atoms with van der Waals surface area (Å²) in [5, 5.41) is 22.0. The van der Waals surface area contributed by atoms with Crippen molar-refractivity contribution >= 4 is 33.5 Å². The van der Waals surface area contributed by atoms with Crippen molar-refractivity contribution in [2.75, 3.05) is 0 Å². The fourth-order valence-electron chi connectivity index (χ4n) is 3.23. The molecule has 2 N–H and O–H groups in total. The maximum Gasteiger partial charge on any atom is 0.273 e. The highest BCUT2D eigenvalue weighted by Gasteiger charge is 2.22. The molecule has 1 unspecified atom stereocenters. The predicted octanol–water partition coefficient (Wildman–Crippen LogP) is 4.02. The smallest absolute Gasteiger partial charge is 0.273 e. The molecule has 2 heterocycles. The average Bonchev–Trinajstić information content (AvgIpc) is 3.23. The number of nitrogens with zero attached hydrogens (tertiary/aromatic N) is 2. The number of rotatable bonds is 4. The Balaban J connectivity index is 1.65. The van der Waals surface area contributed by atoms with Crippen LogP contribution in [0, 0.1) is 17.0 Å². The van der Waals surface area contributed by atoms with Gasteiger partial charge in [0.15, 0.2) is 5.69 Å². The van der Waals surface area contributed by atoms with E-state index in [2.05, 4.69) is 15.5 Å². The summed E-state index contributed by atoms with van der Waals surface area (Å²) in [5.41, 5.74) is 2.28. The third-order valence-corrected chi connectivity index (χ3v) is 4.59. The van der Waals surface area contributed by atoms with Gasteiger partial charge in [0.1, 0.15) is 11.3 Å². The molecular formula is C19H16N4O4. The van der Waals surface area contributed by atoms with E-state index in [1.54, 1.807) is 0 Å². The molecule has 4 rings (SSSR count). The van der Waals surface area contributed by atoms with E-state index >= 15 is 0 Å². The summed E-state index contributed by atoms with van der Waals surface area (Å²) < 4.78 is 5.88. The molecule has 0 saturated carbocycles. The Morgan fingerprint density at radius 3 is 2.78 bits per heavy atom. The van der Waals surface area contributed by atoms with Gasteiger partial charge in [-0.2, -0.15) is 5.10 Å². The second-order valence-electron chi connectivity index (χ2n) is 6.34. The molecule has 0 saturated heterocycles. The van der Waals surface area contributed by atoms with Crippen molar-refractivity contribution in [2.45, 2.75) is 19.9 Å². The van der Waals surface area contributed by atoms with Crippen LogP contribution in [0.15, 0.2) is 46.9 Å². The van der Waals surface area contributed by atoms with Crippen LogP contribution in [0.2, 0.25) is 0 Å². The predicted molar refractivity (Wildman–Crippen MR) is 99.6 cm³/mol. The summed E-state index contributed by atoms with van der Waals surface area (Å²) in [6, 6.07) is 11.5. The van der Waals surface area contributed by atoms with E-state index in [4.69, 9.17) is 4.42 Å². The minimum absolute atomic E-state index is 0.0980. The molecule has 8 heteroatoms. The summed E-state index contributed by atoms with van der Waals surface area (Å²) in [6.45, 7) is 3.76. The van der Waals surface area contributed by atoms with Crippen LogP contribution in [0.4, 0.5) is 5.69 Å². The third-order valence-electron chi connectivity index (χ3n) is 4.59. The van der Waals surface area contributed by atoms with Crippen LogP contribution in [0.25, 0.3) is 21.9 Å². The number of aromatic nitrogens is 2. The summed E-state index contributed by atoms with van der Waals surface area (Å²) in [4.78, 5) is 23.2. The van der Waals surface area contributed by atoms with E-state index in [1.807, 2.05) is 38.1 Å². The first kappa shape index (κ1) is 16.8. The molecule has 0 aliphatic carbocycles. The molecule has 2 aromatic carbocycles. The van der Waals surface area contributed by atoms with Gasteiger partial charge in [0.2, 0.25) is 0 Å². The van der Waals surface area contributed by atoms with Crippen LogP contribution in [0.3, 0.4) is 0 Å². The molecule has 0 fully saturated rings. The molecule has 0 aliphatic heterocycles. The molecule has 2 aromatic heterocycles. The number of nitrogens with one attached hydrogen (secondary N) is 2. The normalized spacial score (nSPS) is 12.4. The van der Waals surface area contributed by atoms with Crippen molar-refractivity contribution in [3.63, 3.8) is 0 Å². The minimum atomic E-state index is -0.505. The maximum atomic E-state index is 12.7. The summed E-state index contributed by atoms with van der Waals surface area (Å²) >= 11 is 0. The van der Waals surface area contributed by atoms with Gasteiger partial charge >= 0.3 is 0 Å².